The molecular weight excluding hydrogens is 288 g/mol. The van der Waals surface area contributed by atoms with E-state index in [2.05, 4.69) is 0 Å². The van der Waals surface area contributed by atoms with Gasteiger partial charge in [0.15, 0.2) is 0 Å². The van der Waals surface area contributed by atoms with E-state index in [-0.39, 0.29) is 23.3 Å². The summed E-state index contributed by atoms with van der Waals surface area (Å²) in [5.41, 5.74) is 7.27. The number of nitrogens with two attached hydrogens (primary N) is 1. The predicted octanol–water partition coefficient (Wildman–Crippen LogP) is 3.46. The Labute approximate surface area is 128 Å². The van der Waals surface area contributed by atoms with Gasteiger partial charge in [-0.25, -0.2) is 0 Å². The smallest absolute Gasteiger partial charge is 0.256 e. The number of hydrogen-bond acceptors (Lipinski definition) is 3. The van der Waals surface area contributed by atoms with Crippen molar-refractivity contribution in [1.82, 2.24) is 4.90 Å². The molecule has 5 heteroatoms. The Bertz CT molecular complexity index is 673. The molecule has 0 aliphatic rings. The Hall–Kier alpha value is -2.20. The molecule has 0 bridgehead atoms. The van der Waals surface area contributed by atoms with Gasteiger partial charge in [-0.1, -0.05) is 29.8 Å². The van der Waals surface area contributed by atoms with Crippen molar-refractivity contribution in [1.29, 1.82) is 0 Å². The molecule has 2 aromatic carbocycles. The number of benzene rings is 2. The number of phenolic OH excluding ortho intramolecular Hbond substituents is 1. The second-order valence-electron chi connectivity index (χ2n) is 4.89. The first-order valence-electron chi connectivity index (χ1n) is 6.52. The van der Waals surface area contributed by atoms with Crippen molar-refractivity contribution >= 4 is 23.2 Å². The van der Waals surface area contributed by atoms with Crippen LogP contribution in [0.3, 0.4) is 0 Å². The van der Waals surface area contributed by atoms with Crippen LogP contribution >= 0.6 is 11.6 Å². The van der Waals surface area contributed by atoms with Gasteiger partial charge >= 0.3 is 0 Å². The number of rotatable bonds is 3. The average Bonchev–Trinajstić information content (AvgIpc) is 2.48. The normalized spacial score (nSPS) is 12.0. The fraction of sp³-hybridized carbons (Fsp3) is 0.188. The van der Waals surface area contributed by atoms with Crippen molar-refractivity contribution in [2.75, 3.05) is 12.8 Å². The Balaban J connectivity index is 2.31. The monoisotopic (exact) mass is 304 g/mol. The molecule has 0 saturated heterocycles. The summed E-state index contributed by atoms with van der Waals surface area (Å²) in [7, 11) is 1.68. The molecule has 2 aromatic rings. The van der Waals surface area contributed by atoms with Crippen molar-refractivity contribution in [2.24, 2.45) is 0 Å². The number of anilines is 1. The number of phenols is 1. The van der Waals surface area contributed by atoms with Crippen LogP contribution in [-0.4, -0.2) is 23.0 Å². The molecule has 0 heterocycles. The number of halogens is 1. The number of carbonyl (C=O) groups excluding carboxylic acids is 1. The molecule has 0 aliphatic heterocycles. The number of carbonyl (C=O) groups is 1. The lowest BCUT2D eigenvalue weighted by Crippen LogP contribution is -2.30. The van der Waals surface area contributed by atoms with Gasteiger partial charge in [-0.2, -0.15) is 0 Å². The van der Waals surface area contributed by atoms with E-state index >= 15 is 0 Å². The van der Waals surface area contributed by atoms with Crippen LogP contribution in [0.25, 0.3) is 0 Å². The highest BCUT2D eigenvalue weighted by Gasteiger charge is 2.22. The molecule has 0 fully saturated rings. The van der Waals surface area contributed by atoms with Gasteiger partial charge in [0.05, 0.1) is 11.6 Å². The number of hydrogen-bond donors (Lipinski definition) is 2. The maximum Gasteiger partial charge on any atom is 0.256 e. The van der Waals surface area contributed by atoms with Gasteiger partial charge < -0.3 is 15.7 Å². The molecule has 0 aliphatic carbocycles. The molecule has 0 saturated carbocycles. The zero-order valence-corrected chi connectivity index (χ0v) is 12.6. The van der Waals surface area contributed by atoms with Crippen LogP contribution in [0.1, 0.15) is 28.9 Å². The SMILES string of the molecule is CC(c1ccccc1Cl)N(C)C(=O)c1cc(O)ccc1N. The molecular formula is C16H17ClN2O2. The highest BCUT2D eigenvalue weighted by molar-refractivity contribution is 6.31. The summed E-state index contributed by atoms with van der Waals surface area (Å²) in [5.74, 6) is -0.262. The quantitative estimate of drug-likeness (QED) is 0.674. The van der Waals surface area contributed by atoms with Crippen LogP contribution in [0.2, 0.25) is 5.02 Å². The first-order valence-corrected chi connectivity index (χ1v) is 6.89. The second kappa shape index (κ2) is 6.06. The molecule has 1 atom stereocenters. The van der Waals surface area contributed by atoms with Crippen LogP contribution < -0.4 is 5.73 Å². The number of aromatic hydroxyl groups is 1. The summed E-state index contributed by atoms with van der Waals surface area (Å²) in [6, 6.07) is 11.5. The topological polar surface area (TPSA) is 66.6 Å². The van der Waals surface area contributed by atoms with Crippen LogP contribution in [0.4, 0.5) is 5.69 Å². The van der Waals surface area contributed by atoms with Crippen molar-refractivity contribution in [2.45, 2.75) is 13.0 Å². The Kier molecular flexibility index (Phi) is 4.38. The van der Waals surface area contributed by atoms with Crippen molar-refractivity contribution in [3.63, 3.8) is 0 Å². The summed E-state index contributed by atoms with van der Waals surface area (Å²) in [6.45, 7) is 1.89. The zero-order valence-electron chi connectivity index (χ0n) is 11.9. The third kappa shape index (κ3) is 3.11. The van der Waals surface area contributed by atoms with E-state index in [1.54, 1.807) is 18.0 Å². The van der Waals surface area contributed by atoms with Gasteiger partial charge in [0.1, 0.15) is 5.75 Å². The molecule has 2 rings (SSSR count). The first-order chi connectivity index (χ1) is 9.91. The third-order valence-electron chi connectivity index (χ3n) is 3.52. The van der Waals surface area contributed by atoms with E-state index in [1.165, 1.54) is 18.2 Å². The van der Waals surface area contributed by atoms with Crippen molar-refractivity contribution < 1.29 is 9.90 Å². The minimum Gasteiger partial charge on any atom is -0.508 e. The second-order valence-corrected chi connectivity index (χ2v) is 5.29. The van der Waals surface area contributed by atoms with E-state index in [9.17, 15) is 9.90 Å². The van der Waals surface area contributed by atoms with Crippen LogP contribution in [0.5, 0.6) is 5.75 Å². The van der Waals surface area contributed by atoms with Gasteiger partial charge in [-0.15, -0.1) is 0 Å². The van der Waals surface area contributed by atoms with Gasteiger partial charge in [0, 0.05) is 17.8 Å². The molecule has 3 N–H and O–H groups in total. The fourth-order valence-corrected chi connectivity index (χ4v) is 2.41. The van der Waals surface area contributed by atoms with Crippen LogP contribution in [0.15, 0.2) is 42.5 Å². The summed E-state index contributed by atoms with van der Waals surface area (Å²) < 4.78 is 0. The third-order valence-corrected chi connectivity index (χ3v) is 3.87. The predicted molar refractivity (Wildman–Crippen MR) is 84.5 cm³/mol. The summed E-state index contributed by atoms with van der Waals surface area (Å²) >= 11 is 6.17. The van der Waals surface area contributed by atoms with Crippen molar-refractivity contribution in [3.8, 4) is 5.75 Å². The molecule has 21 heavy (non-hydrogen) atoms. The van der Waals surface area contributed by atoms with E-state index in [1.807, 2.05) is 25.1 Å². The number of nitrogen functional groups attached to an aromatic ring is 1. The minimum absolute atomic E-state index is 0.00588. The standard InChI is InChI=1S/C16H17ClN2O2/c1-10(12-5-3-4-6-14(12)17)19(2)16(21)13-9-11(20)7-8-15(13)18/h3-10,20H,18H2,1-2H3. The molecule has 0 spiro atoms. The average molecular weight is 305 g/mol. The summed E-state index contributed by atoms with van der Waals surface area (Å²) in [5, 5.41) is 10.1. The van der Waals surface area contributed by atoms with Gasteiger partial charge in [0.25, 0.3) is 5.91 Å². The fourth-order valence-electron chi connectivity index (χ4n) is 2.12. The van der Waals surface area contributed by atoms with Gasteiger partial charge in [-0.05, 0) is 36.8 Å². The number of amides is 1. The summed E-state index contributed by atoms with van der Waals surface area (Å²) in [4.78, 5) is 14.1. The largest absolute Gasteiger partial charge is 0.508 e. The van der Waals surface area contributed by atoms with E-state index in [4.69, 9.17) is 17.3 Å². The van der Waals surface area contributed by atoms with E-state index in [0.717, 1.165) is 5.56 Å². The Morgan fingerprint density at radius 2 is 1.95 bits per heavy atom. The lowest BCUT2D eigenvalue weighted by Gasteiger charge is -2.26. The van der Waals surface area contributed by atoms with E-state index < -0.39 is 0 Å². The lowest BCUT2D eigenvalue weighted by atomic mass is 10.1. The Morgan fingerprint density at radius 3 is 2.62 bits per heavy atom. The van der Waals surface area contributed by atoms with Crippen LogP contribution in [-0.2, 0) is 0 Å². The summed E-state index contributed by atoms with van der Waals surface area (Å²) in [6.07, 6.45) is 0. The maximum absolute atomic E-state index is 12.5. The first kappa shape index (κ1) is 15.2. The van der Waals surface area contributed by atoms with E-state index in [0.29, 0.717) is 10.7 Å². The molecule has 1 amide bonds. The molecule has 110 valence electrons. The number of nitrogens with zero attached hydrogens (tertiary/aromatic N) is 1. The molecule has 4 nitrogen and oxygen atoms in total. The minimum atomic E-state index is -0.268. The van der Waals surface area contributed by atoms with Gasteiger partial charge in [-0.3, -0.25) is 4.79 Å². The molecule has 0 radical (unpaired) electrons. The zero-order chi connectivity index (χ0) is 15.6. The van der Waals surface area contributed by atoms with Gasteiger partial charge in [0.2, 0.25) is 0 Å². The molecule has 1 unspecified atom stereocenters. The highest BCUT2D eigenvalue weighted by Crippen LogP contribution is 2.28. The highest BCUT2D eigenvalue weighted by atomic mass is 35.5. The van der Waals surface area contributed by atoms with Crippen LogP contribution in [0, 0.1) is 0 Å². The Morgan fingerprint density at radius 1 is 1.29 bits per heavy atom. The molecule has 0 aromatic heterocycles. The lowest BCUT2D eigenvalue weighted by molar-refractivity contribution is 0.0743. The van der Waals surface area contributed by atoms with Crippen molar-refractivity contribution in [3.05, 3.63) is 58.6 Å². The maximum atomic E-state index is 12.5.